The van der Waals surface area contributed by atoms with Crippen molar-refractivity contribution in [2.24, 2.45) is 22.7 Å². The maximum atomic E-state index is 4.82. The summed E-state index contributed by atoms with van der Waals surface area (Å²) in [6, 6.07) is 0.503. The highest BCUT2D eigenvalue weighted by molar-refractivity contribution is 14.0. The molecule has 2 aliphatic carbocycles. The molecule has 1 unspecified atom stereocenters. The second-order valence-electron chi connectivity index (χ2n) is 6.01. The molecule has 0 spiro atoms. The summed E-state index contributed by atoms with van der Waals surface area (Å²) < 4.78 is 0. The summed E-state index contributed by atoms with van der Waals surface area (Å²) in [6.45, 7) is 8.53. The molecule has 4 heteroatoms. The van der Waals surface area contributed by atoms with E-state index in [9.17, 15) is 0 Å². The molecule has 2 fully saturated rings. The fourth-order valence-corrected chi connectivity index (χ4v) is 2.58. The van der Waals surface area contributed by atoms with Gasteiger partial charge in [0.05, 0.1) is 0 Å². The zero-order valence-electron chi connectivity index (χ0n) is 12.6. The summed E-state index contributed by atoms with van der Waals surface area (Å²) in [4.78, 5) is 4.82. The molecule has 2 N–H and O–H groups in total. The molecular weight excluding hydrogens is 349 g/mol. The van der Waals surface area contributed by atoms with Crippen molar-refractivity contribution in [2.45, 2.75) is 58.9 Å². The van der Waals surface area contributed by atoms with Gasteiger partial charge >= 0.3 is 0 Å². The first-order chi connectivity index (χ1) is 8.74. The van der Waals surface area contributed by atoms with Crippen molar-refractivity contribution >= 4 is 29.9 Å². The molecule has 0 amide bonds. The Morgan fingerprint density at radius 1 is 1.16 bits per heavy atom. The molecule has 2 aliphatic rings. The molecule has 0 bridgehead atoms. The number of nitrogens with one attached hydrogen (secondary N) is 2. The van der Waals surface area contributed by atoms with Crippen LogP contribution in [-0.4, -0.2) is 25.1 Å². The van der Waals surface area contributed by atoms with Crippen molar-refractivity contribution in [1.82, 2.24) is 10.6 Å². The van der Waals surface area contributed by atoms with E-state index in [0.29, 0.717) is 6.04 Å². The fourth-order valence-electron chi connectivity index (χ4n) is 2.58. The first kappa shape index (κ1) is 17.1. The van der Waals surface area contributed by atoms with Gasteiger partial charge in [-0.3, -0.25) is 4.99 Å². The predicted octanol–water partition coefficient (Wildman–Crippen LogP) is 3.39. The first-order valence-electron chi connectivity index (χ1n) is 7.79. The van der Waals surface area contributed by atoms with E-state index in [-0.39, 0.29) is 24.0 Å². The van der Waals surface area contributed by atoms with Crippen molar-refractivity contribution in [3.8, 4) is 0 Å². The molecule has 1 atom stereocenters. The normalized spacial score (nSPS) is 20.9. The van der Waals surface area contributed by atoms with Crippen LogP contribution in [0.3, 0.4) is 0 Å². The van der Waals surface area contributed by atoms with Crippen LogP contribution in [0.5, 0.6) is 0 Å². The molecule has 0 radical (unpaired) electrons. The molecular formula is C15H30IN3. The van der Waals surface area contributed by atoms with Crippen molar-refractivity contribution in [1.29, 1.82) is 0 Å². The molecule has 112 valence electrons. The van der Waals surface area contributed by atoms with Gasteiger partial charge < -0.3 is 10.6 Å². The summed E-state index contributed by atoms with van der Waals surface area (Å²) in [5, 5.41) is 6.84. The van der Waals surface area contributed by atoms with Crippen LogP contribution in [0.25, 0.3) is 0 Å². The Morgan fingerprint density at radius 3 is 2.16 bits per heavy atom. The predicted molar refractivity (Wildman–Crippen MR) is 93.2 cm³/mol. The van der Waals surface area contributed by atoms with Crippen LogP contribution in [0.15, 0.2) is 4.99 Å². The highest BCUT2D eigenvalue weighted by Gasteiger charge is 2.41. The molecule has 0 saturated heterocycles. The van der Waals surface area contributed by atoms with Gasteiger partial charge in [0, 0.05) is 19.1 Å². The van der Waals surface area contributed by atoms with E-state index in [1.54, 1.807) is 0 Å². The minimum absolute atomic E-state index is 0. The molecule has 2 rings (SSSR count). The summed E-state index contributed by atoms with van der Waals surface area (Å²) in [5.74, 6) is 3.87. The number of aliphatic imine (C=N–C) groups is 1. The van der Waals surface area contributed by atoms with Crippen molar-refractivity contribution < 1.29 is 0 Å². The Balaban J connectivity index is 0.00000180. The topological polar surface area (TPSA) is 36.4 Å². The smallest absolute Gasteiger partial charge is 0.191 e. The van der Waals surface area contributed by atoms with E-state index >= 15 is 0 Å². The number of hydrogen-bond donors (Lipinski definition) is 2. The highest BCUT2D eigenvalue weighted by atomic mass is 127. The standard InChI is InChI=1S/C15H29N3.HI/c1-4-11(3)18-15(16-5-2)17-10-14(12-6-7-12)13-8-9-13;/h11-14H,4-10H2,1-3H3,(H2,16,17,18);1H. The Hall–Kier alpha value is 0. The monoisotopic (exact) mass is 379 g/mol. The van der Waals surface area contributed by atoms with Gasteiger partial charge in [0.15, 0.2) is 5.96 Å². The quantitative estimate of drug-likeness (QED) is 0.404. The van der Waals surface area contributed by atoms with Crippen molar-refractivity contribution in [3.63, 3.8) is 0 Å². The van der Waals surface area contributed by atoms with Crippen LogP contribution in [0.2, 0.25) is 0 Å². The number of halogens is 1. The summed E-state index contributed by atoms with van der Waals surface area (Å²) in [7, 11) is 0. The maximum Gasteiger partial charge on any atom is 0.191 e. The van der Waals surface area contributed by atoms with Gasteiger partial charge in [0.25, 0.3) is 0 Å². The zero-order valence-corrected chi connectivity index (χ0v) is 14.9. The van der Waals surface area contributed by atoms with E-state index in [2.05, 4.69) is 31.4 Å². The minimum atomic E-state index is 0. The summed E-state index contributed by atoms with van der Waals surface area (Å²) in [5.41, 5.74) is 0. The van der Waals surface area contributed by atoms with Gasteiger partial charge in [0.2, 0.25) is 0 Å². The molecule has 0 aliphatic heterocycles. The molecule has 0 aromatic carbocycles. The van der Waals surface area contributed by atoms with Crippen molar-refractivity contribution in [2.75, 3.05) is 13.1 Å². The van der Waals surface area contributed by atoms with Crippen LogP contribution >= 0.6 is 24.0 Å². The van der Waals surface area contributed by atoms with Gasteiger partial charge in [-0.1, -0.05) is 6.92 Å². The Labute approximate surface area is 135 Å². The maximum absolute atomic E-state index is 4.82. The molecule has 3 nitrogen and oxygen atoms in total. The van der Waals surface area contributed by atoms with E-state index in [1.165, 1.54) is 25.7 Å². The molecule has 0 aromatic heterocycles. The van der Waals surface area contributed by atoms with Crippen molar-refractivity contribution in [3.05, 3.63) is 0 Å². The lowest BCUT2D eigenvalue weighted by Crippen LogP contribution is -2.42. The second kappa shape index (κ2) is 8.32. The largest absolute Gasteiger partial charge is 0.357 e. The molecule has 0 heterocycles. The Kier molecular flexibility index (Phi) is 7.47. The highest BCUT2D eigenvalue weighted by Crippen LogP contribution is 2.49. The van der Waals surface area contributed by atoms with E-state index in [0.717, 1.165) is 43.2 Å². The Bertz CT molecular complexity index is 273. The van der Waals surface area contributed by atoms with Gasteiger partial charge in [-0.05, 0) is 63.7 Å². The fraction of sp³-hybridized carbons (Fsp3) is 0.933. The number of guanidine groups is 1. The van der Waals surface area contributed by atoms with Crippen LogP contribution in [0.1, 0.15) is 52.9 Å². The molecule has 0 aromatic rings. The molecule has 2 saturated carbocycles. The Morgan fingerprint density at radius 2 is 1.74 bits per heavy atom. The lowest BCUT2D eigenvalue weighted by molar-refractivity contribution is 0.416. The van der Waals surface area contributed by atoms with E-state index in [1.807, 2.05) is 0 Å². The first-order valence-corrected chi connectivity index (χ1v) is 7.79. The molecule has 19 heavy (non-hydrogen) atoms. The van der Waals surface area contributed by atoms with Crippen LogP contribution < -0.4 is 10.6 Å². The SMILES string of the molecule is CCNC(=NCC(C1CC1)C1CC1)NC(C)CC.I. The lowest BCUT2D eigenvalue weighted by Gasteiger charge is -2.18. The minimum Gasteiger partial charge on any atom is -0.357 e. The van der Waals surface area contributed by atoms with Gasteiger partial charge in [0.1, 0.15) is 0 Å². The summed E-state index contributed by atoms with van der Waals surface area (Å²) >= 11 is 0. The number of nitrogens with zero attached hydrogens (tertiary/aromatic N) is 1. The third-order valence-corrected chi connectivity index (χ3v) is 4.25. The number of rotatable bonds is 7. The lowest BCUT2D eigenvalue weighted by atomic mass is 9.98. The third-order valence-electron chi connectivity index (χ3n) is 4.25. The third kappa shape index (κ3) is 5.88. The average molecular weight is 379 g/mol. The number of hydrogen-bond acceptors (Lipinski definition) is 1. The summed E-state index contributed by atoms with van der Waals surface area (Å²) in [6.07, 6.45) is 6.94. The van der Waals surface area contributed by atoms with Crippen LogP contribution in [0.4, 0.5) is 0 Å². The van der Waals surface area contributed by atoms with Crippen LogP contribution in [-0.2, 0) is 0 Å². The van der Waals surface area contributed by atoms with Gasteiger partial charge in [-0.15, -0.1) is 24.0 Å². The van der Waals surface area contributed by atoms with Crippen LogP contribution in [0, 0.1) is 17.8 Å². The van der Waals surface area contributed by atoms with E-state index in [4.69, 9.17) is 4.99 Å². The van der Waals surface area contributed by atoms with E-state index < -0.39 is 0 Å². The van der Waals surface area contributed by atoms with Gasteiger partial charge in [-0.2, -0.15) is 0 Å². The second-order valence-corrected chi connectivity index (χ2v) is 6.01. The zero-order chi connectivity index (χ0) is 13.0. The van der Waals surface area contributed by atoms with Gasteiger partial charge in [-0.25, -0.2) is 0 Å². The average Bonchev–Trinajstić information content (AvgIpc) is 3.22.